The maximum atomic E-state index is 15.2. The number of aryl methyl sites for hydroxylation is 4. The number of nitrogens with one attached hydrogen (secondary N) is 6. The van der Waals surface area contributed by atoms with Crippen molar-refractivity contribution >= 4 is 79.6 Å². The summed E-state index contributed by atoms with van der Waals surface area (Å²) in [5.41, 5.74) is 6.55. The zero-order valence-electron chi connectivity index (χ0n) is 39.6. The molecule has 6 aromatic rings. The van der Waals surface area contributed by atoms with Crippen LogP contribution in [0, 0.1) is 39.3 Å². The van der Waals surface area contributed by atoms with Crippen LogP contribution in [0.15, 0.2) is 48.8 Å². The molecule has 4 aromatic heterocycles. The molecule has 4 aliphatic rings. The Labute approximate surface area is 416 Å². The van der Waals surface area contributed by atoms with Gasteiger partial charge in [-0.25, -0.2) is 27.2 Å². The Morgan fingerprint density at radius 3 is 1.44 bits per heavy atom. The van der Waals surface area contributed by atoms with E-state index < -0.39 is 9.84 Å². The molecule has 8 heterocycles. The number of H-pyrrole nitrogens is 2. The summed E-state index contributed by atoms with van der Waals surface area (Å²) in [7, 11) is -2.83. The molecule has 4 saturated heterocycles. The van der Waals surface area contributed by atoms with Crippen molar-refractivity contribution < 1.29 is 21.9 Å². The van der Waals surface area contributed by atoms with Crippen LogP contribution in [0.3, 0.4) is 0 Å². The number of aromatic amines is 2. The van der Waals surface area contributed by atoms with Gasteiger partial charge in [-0.2, -0.15) is 20.2 Å². The van der Waals surface area contributed by atoms with E-state index in [1.807, 2.05) is 45.9 Å². The summed E-state index contributed by atoms with van der Waals surface area (Å²) in [4.78, 5) is 22.0. The molecular weight excluding hydrogens is 962 g/mol. The van der Waals surface area contributed by atoms with E-state index in [1.165, 1.54) is 12.4 Å². The second-order valence-electron chi connectivity index (χ2n) is 18.7. The van der Waals surface area contributed by atoms with Crippen molar-refractivity contribution in [2.24, 2.45) is 0 Å². The topological polar surface area (TPSA) is 207 Å². The number of hydrogen-bond acceptors (Lipinski definition) is 15. The number of ether oxygens (including phenoxy) is 1. The molecule has 0 bridgehead atoms. The van der Waals surface area contributed by atoms with E-state index in [-0.39, 0.29) is 52.7 Å². The van der Waals surface area contributed by atoms with Crippen LogP contribution in [0.25, 0.3) is 0 Å². The molecule has 372 valence electrons. The number of nitrogens with zero attached hydrogens (tertiary/aromatic N) is 8. The number of halogens is 4. The Hall–Kier alpha value is -5.51. The summed E-state index contributed by atoms with van der Waals surface area (Å²) < 4.78 is 58.8. The first-order chi connectivity index (χ1) is 33.6. The van der Waals surface area contributed by atoms with Crippen LogP contribution in [0.5, 0.6) is 0 Å². The number of aromatic nitrogens is 8. The van der Waals surface area contributed by atoms with Gasteiger partial charge >= 0.3 is 0 Å². The van der Waals surface area contributed by atoms with Crippen molar-refractivity contribution in [1.82, 2.24) is 50.1 Å². The van der Waals surface area contributed by atoms with Crippen molar-refractivity contribution in [1.29, 1.82) is 0 Å². The van der Waals surface area contributed by atoms with E-state index >= 15 is 8.78 Å². The average molecular weight is 1020 g/mol. The lowest BCUT2D eigenvalue weighted by molar-refractivity contribution is 0.0251. The maximum absolute atomic E-state index is 15.2. The Morgan fingerprint density at radius 1 is 0.614 bits per heavy atom. The molecule has 10 rings (SSSR count). The lowest BCUT2D eigenvalue weighted by Gasteiger charge is -2.41. The molecule has 70 heavy (non-hydrogen) atoms. The Balaban J connectivity index is 0.000000174. The molecule has 4 fully saturated rings. The third-order valence-electron chi connectivity index (χ3n) is 13.7. The Morgan fingerprint density at radius 2 is 1.04 bits per heavy atom. The highest BCUT2D eigenvalue weighted by atomic mass is 35.5. The third kappa shape index (κ3) is 12.0. The number of anilines is 8. The minimum absolute atomic E-state index is 0.140. The van der Waals surface area contributed by atoms with E-state index in [9.17, 15) is 8.42 Å². The molecular formula is C48H58Cl2F2N14O3S. The highest BCUT2D eigenvalue weighted by Gasteiger charge is 2.39. The second kappa shape index (κ2) is 21.5. The first-order valence-corrected chi connectivity index (χ1v) is 26.2. The van der Waals surface area contributed by atoms with Gasteiger partial charge in [-0.3, -0.25) is 15.1 Å². The molecule has 2 aromatic carbocycles. The van der Waals surface area contributed by atoms with Gasteiger partial charge in [-0.15, -0.1) is 0 Å². The van der Waals surface area contributed by atoms with Gasteiger partial charge in [0.25, 0.3) is 0 Å². The quantitative estimate of drug-likeness (QED) is 0.0675. The highest BCUT2D eigenvalue weighted by molar-refractivity contribution is 7.92. The van der Waals surface area contributed by atoms with Crippen molar-refractivity contribution in [3.8, 4) is 0 Å². The number of rotatable bonds is 12. The van der Waals surface area contributed by atoms with Gasteiger partial charge < -0.3 is 30.9 Å². The summed E-state index contributed by atoms with van der Waals surface area (Å²) in [6, 6.07) is 11.3. The number of likely N-dealkylation sites (tertiary alicyclic amines) is 2. The molecule has 6 N–H and O–H groups in total. The predicted octanol–water partition coefficient (Wildman–Crippen LogP) is 9.53. The number of sulfone groups is 1. The normalized spacial score (nSPS) is 18.5. The molecule has 0 saturated carbocycles. The number of benzene rings is 2. The minimum atomic E-state index is -2.83. The fourth-order valence-electron chi connectivity index (χ4n) is 9.89. The molecule has 4 aliphatic heterocycles. The largest absolute Gasteiger partial charge is 0.381 e. The predicted molar refractivity (Wildman–Crippen MR) is 270 cm³/mol. The summed E-state index contributed by atoms with van der Waals surface area (Å²) in [6.07, 6.45) is 9.01. The SMILES string of the molecule is Cc1cc(Nc2nc(Nc3cc(C)c(C4CCN(C5CCOCC5)CC4)cc3F)ncc2Cl)n[nH]1.Cc1cc(Nc2nc(Nc3cc(C)c(C4CCN(C5CS(=O)(=O)C5)CC4)cc3F)ncc2Cl)n[nH]1. The summed E-state index contributed by atoms with van der Waals surface area (Å²) >= 11 is 12.5. The molecule has 0 amide bonds. The molecule has 0 unspecified atom stereocenters. The molecule has 22 heteroatoms. The van der Waals surface area contributed by atoms with Crippen LogP contribution < -0.4 is 21.3 Å². The van der Waals surface area contributed by atoms with E-state index in [0.29, 0.717) is 51.0 Å². The smallest absolute Gasteiger partial charge is 0.229 e. The molecule has 0 atom stereocenters. The van der Waals surface area contributed by atoms with E-state index in [4.69, 9.17) is 27.9 Å². The number of piperidine rings is 2. The first kappa shape index (κ1) is 49.5. The lowest BCUT2D eigenvalue weighted by atomic mass is 9.85. The Kier molecular flexibility index (Phi) is 15.2. The van der Waals surface area contributed by atoms with Gasteiger partial charge in [0.15, 0.2) is 33.1 Å². The Bertz CT molecular complexity index is 2910. The minimum Gasteiger partial charge on any atom is -0.381 e. The van der Waals surface area contributed by atoms with Gasteiger partial charge in [0.05, 0.1) is 35.3 Å². The standard InChI is InChI=1S/C25H31ClFN7O.C23H27ClFN7O2S/c1-15-11-22(29-25-28-14-20(26)24(31-25)30-23-12-16(2)32-33-23)21(27)13-19(15)17-3-7-34(8-4-17)18-5-9-35-10-6-18;1-13-7-20(27-23-26-10-18(24)22(29-23)28-21-8-14(2)30-31-21)19(25)9-17(13)15-3-5-32(6-4-15)16-11-35(33,34)12-16/h11-14,17-18H,3-10H2,1-2H3,(H3,28,29,30,31,32,33);7-10,15-16H,3-6,11-12H2,1-2H3,(H3,26,27,28,29,30,31). The van der Waals surface area contributed by atoms with E-state index in [1.54, 1.807) is 18.2 Å². The van der Waals surface area contributed by atoms with Crippen molar-refractivity contribution in [2.75, 3.05) is 72.2 Å². The van der Waals surface area contributed by atoms with Gasteiger partial charge in [-0.05, 0) is 151 Å². The first-order valence-electron chi connectivity index (χ1n) is 23.7. The maximum Gasteiger partial charge on any atom is 0.229 e. The zero-order valence-corrected chi connectivity index (χ0v) is 41.9. The van der Waals surface area contributed by atoms with Gasteiger partial charge in [0.1, 0.15) is 21.7 Å². The molecule has 0 aliphatic carbocycles. The van der Waals surface area contributed by atoms with Gasteiger partial charge in [0, 0.05) is 48.8 Å². The van der Waals surface area contributed by atoms with E-state index in [0.717, 1.165) is 112 Å². The van der Waals surface area contributed by atoms with Crippen molar-refractivity contribution in [3.05, 3.63) is 104 Å². The van der Waals surface area contributed by atoms with Crippen LogP contribution in [-0.4, -0.2) is 122 Å². The van der Waals surface area contributed by atoms with Crippen molar-refractivity contribution in [3.63, 3.8) is 0 Å². The molecule has 0 radical (unpaired) electrons. The van der Waals surface area contributed by atoms with Gasteiger partial charge in [-0.1, -0.05) is 23.2 Å². The second-order valence-corrected chi connectivity index (χ2v) is 21.7. The van der Waals surface area contributed by atoms with Gasteiger partial charge in [0.2, 0.25) is 11.9 Å². The lowest BCUT2D eigenvalue weighted by Crippen LogP contribution is -2.55. The third-order valence-corrected chi connectivity index (χ3v) is 16.0. The van der Waals surface area contributed by atoms with Crippen LogP contribution in [0.2, 0.25) is 10.0 Å². The highest BCUT2D eigenvalue weighted by Crippen LogP contribution is 2.37. The summed E-state index contributed by atoms with van der Waals surface area (Å²) in [5.74, 6) is 2.79. The summed E-state index contributed by atoms with van der Waals surface area (Å²) in [6.45, 7) is 13.3. The fraction of sp³-hybridized carbons (Fsp3) is 0.458. The van der Waals surface area contributed by atoms with E-state index in [2.05, 4.69) is 71.4 Å². The number of hydrogen-bond donors (Lipinski definition) is 6. The fourth-order valence-corrected chi connectivity index (χ4v) is 11.7. The zero-order chi connectivity index (χ0) is 49.1. The van der Waals surface area contributed by atoms with Crippen LogP contribution in [0.4, 0.5) is 55.3 Å². The average Bonchev–Trinajstić information content (AvgIpc) is 3.96. The molecule has 0 spiro atoms. The molecule has 17 nitrogen and oxygen atoms in total. The summed E-state index contributed by atoms with van der Waals surface area (Å²) in [5, 5.41) is 26.6. The van der Waals surface area contributed by atoms with Crippen LogP contribution in [-0.2, 0) is 14.6 Å². The van der Waals surface area contributed by atoms with Crippen LogP contribution in [0.1, 0.15) is 84.0 Å². The van der Waals surface area contributed by atoms with Crippen molar-refractivity contribution in [2.45, 2.75) is 90.1 Å². The van der Waals surface area contributed by atoms with Crippen LogP contribution >= 0.6 is 23.2 Å². The monoisotopic (exact) mass is 1020 g/mol.